The second-order valence-electron chi connectivity index (χ2n) is 3.61. The third kappa shape index (κ3) is 1.11. The smallest absolute Gasteiger partial charge is 0.339 e. The van der Waals surface area contributed by atoms with Gasteiger partial charge in [-0.25, -0.2) is 4.79 Å². The molecule has 0 bridgehead atoms. The molecule has 0 aliphatic heterocycles. The van der Waals surface area contributed by atoms with E-state index in [0.717, 1.165) is 10.8 Å². The first-order valence-corrected chi connectivity index (χ1v) is 4.89. The Morgan fingerprint density at radius 1 is 1.12 bits per heavy atom. The summed E-state index contributed by atoms with van der Waals surface area (Å²) in [7, 11) is 0. The van der Waals surface area contributed by atoms with Crippen LogP contribution in [0.2, 0.25) is 0 Å². The van der Waals surface area contributed by atoms with Crippen LogP contribution in [0.4, 0.5) is 0 Å². The van der Waals surface area contributed by atoms with Gasteiger partial charge in [0.15, 0.2) is 0 Å². The van der Waals surface area contributed by atoms with Gasteiger partial charge in [0.2, 0.25) is 0 Å². The molecule has 0 spiro atoms. The summed E-state index contributed by atoms with van der Waals surface area (Å²) in [6.07, 6.45) is 1.29. The molecule has 16 heavy (non-hydrogen) atoms. The Hall–Kier alpha value is -2.29. The maximum absolute atomic E-state index is 11.1. The van der Waals surface area contributed by atoms with Gasteiger partial charge in [-0.2, -0.15) is 0 Å². The summed E-state index contributed by atoms with van der Waals surface area (Å²) in [6, 6.07) is 11.4. The number of aromatic carboxylic acids is 1. The number of carboxylic acids is 1. The second-order valence-corrected chi connectivity index (χ2v) is 3.61. The van der Waals surface area contributed by atoms with E-state index >= 15 is 0 Å². The summed E-state index contributed by atoms with van der Waals surface area (Å²) in [4.78, 5) is 11.1. The Kier molecular flexibility index (Phi) is 1.74. The van der Waals surface area contributed by atoms with Crippen LogP contribution in [0.3, 0.4) is 0 Å². The third-order valence-corrected chi connectivity index (χ3v) is 2.69. The number of carboxylic acid groups (broad SMARTS) is 1. The fourth-order valence-corrected chi connectivity index (χ4v) is 1.97. The maximum Gasteiger partial charge on any atom is 0.339 e. The third-order valence-electron chi connectivity index (χ3n) is 2.69. The van der Waals surface area contributed by atoms with E-state index in [1.807, 2.05) is 30.3 Å². The molecule has 2 aromatic carbocycles. The molecule has 3 nitrogen and oxygen atoms in total. The highest BCUT2D eigenvalue weighted by Crippen LogP contribution is 2.29. The number of hydrogen-bond acceptors (Lipinski definition) is 2. The lowest BCUT2D eigenvalue weighted by molar-refractivity contribution is 0.0698. The molecular weight excluding hydrogens is 204 g/mol. The van der Waals surface area contributed by atoms with Crippen molar-refractivity contribution in [2.45, 2.75) is 0 Å². The minimum absolute atomic E-state index is 0.215. The molecular formula is C13H8O3. The zero-order valence-corrected chi connectivity index (χ0v) is 8.31. The molecule has 0 unspecified atom stereocenters. The van der Waals surface area contributed by atoms with E-state index in [2.05, 4.69) is 0 Å². The first-order valence-electron chi connectivity index (χ1n) is 4.89. The molecule has 0 radical (unpaired) electrons. The molecule has 1 aromatic heterocycles. The first kappa shape index (κ1) is 8.97. The monoisotopic (exact) mass is 212 g/mol. The van der Waals surface area contributed by atoms with Crippen LogP contribution in [0.5, 0.6) is 0 Å². The number of fused-ring (bicyclic) bond motifs is 3. The maximum atomic E-state index is 11.1. The van der Waals surface area contributed by atoms with Gasteiger partial charge < -0.3 is 9.52 Å². The molecule has 0 amide bonds. The molecule has 0 saturated carbocycles. The summed E-state index contributed by atoms with van der Waals surface area (Å²) >= 11 is 0. The Balaban J connectivity index is 2.56. The van der Waals surface area contributed by atoms with Gasteiger partial charge in [-0.3, -0.25) is 0 Å². The fourth-order valence-electron chi connectivity index (χ4n) is 1.97. The highest BCUT2D eigenvalue weighted by atomic mass is 16.4. The molecule has 0 aliphatic carbocycles. The highest BCUT2D eigenvalue weighted by molar-refractivity contribution is 6.14. The van der Waals surface area contributed by atoms with E-state index in [9.17, 15) is 4.79 Å². The quantitative estimate of drug-likeness (QED) is 0.673. The molecule has 0 fully saturated rings. The van der Waals surface area contributed by atoms with Gasteiger partial charge in [-0.05, 0) is 16.8 Å². The van der Waals surface area contributed by atoms with E-state index in [-0.39, 0.29) is 5.56 Å². The van der Waals surface area contributed by atoms with Crippen LogP contribution in [0.15, 0.2) is 47.1 Å². The number of rotatable bonds is 1. The number of hydrogen-bond donors (Lipinski definition) is 1. The van der Waals surface area contributed by atoms with E-state index in [4.69, 9.17) is 9.52 Å². The molecule has 78 valence electrons. The van der Waals surface area contributed by atoms with Crippen molar-refractivity contribution in [3.05, 3.63) is 48.2 Å². The van der Waals surface area contributed by atoms with Crippen LogP contribution in [0, 0.1) is 0 Å². The Bertz CT molecular complexity index is 695. The zero-order valence-electron chi connectivity index (χ0n) is 8.31. The lowest BCUT2D eigenvalue weighted by Gasteiger charge is -1.99. The van der Waals surface area contributed by atoms with Crippen molar-refractivity contribution >= 4 is 27.7 Å². The van der Waals surface area contributed by atoms with Crippen molar-refractivity contribution in [2.24, 2.45) is 0 Å². The summed E-state index contributed by atoms with van der Waals surface area (Å²) in [5, 5.41) is 11.7. The van der Waals surface area contributed by atoms with Gasteiger partial charge >= 0.3 is 5.97 Å². The van der Waals surface area contributed by atoms with Crippen molar-refractivity contribution in [3.63, 3.8) is 0 Å². The molecule has 1 heterocycles. The van der Waals surface area contributed by atoms with E-state index in [1.165, 1.54) is 6.26 Å². The van der Waals surface area contributed by atoms with Gasteiger partial charge in [0.1, 0.15) is 17.4 Å². The van der Waals surface area contributed by atoms with Crippen molar-refractivity contribution in [3.8, 4) is 0 Å². The normalized spacial score (nSPS) is 11.0. The molecule has 0 atom stereocenters. The van der Waals surface area contributed by atoms with Crippen molar-refractivity contribution in [1.82, 2.24) is 0 Å². The average Bonchev–Trinajstić information content (AvgIpc) is 2.73. The Morgan fingerprint density at radius 3 is 2.75 bits per heavy atom. The largest absolute Gasteiger partial charge is 0.478 e. The molecule has 3 aromatic rings. The minimum atomic E-state index is -0.963. The number of furan rings is 1. The standard InChI is InChI=1S/C13H8O3/c14-13(15)10-7-16-11-6-5-8-3-1-2-4-9(8)12(10)11/h1-7H,(H,14,15). The molecule has 0 aliphatic rings. The van der Waals surface area contributed by atoms with E-state index in [0.29, 0.717) is 11.0 Å². The second kappa shape index (κ2) is 3.10. The number of carbonyl (C=O) groups is 1. The van der Waals surface area contributed by atoms with E-state index in [1.54, 1.807) is 6.07 Å². The van der Waals surface area contributed by atoms with Crippen LogP contribution < -0.4 is 0 Å². The zero-order chi connectivity index (χ0) is 11.1. The lowest BCUT2D eigenvalue weighted by Crippen LogP contribution is -1.93. The van der Waals surface area contributed by atoms with Gasteiger partial charge in [0.25, 0.3) is 0 Å². The Labute approximate surface area is 90.9 Å². The van der Waals surface area contributed by atoms with Crippen molar-refractivity contribution in [2.75, 3.05) is 0 Å². The van der Waals surface area contributed by atoms with Crippen LogP contribution in [-0.2, 0) is 0 Å². The van der Waals surface area contributed by atoms with Crippen molar-refractivity contribution < 1.29 is 14.3 Å². The summed E-state index contributed by atoms with van der Waals surface area (Å²) < 4.78 is 5.24. The summed E-state index contributed by atoms with van der Waals surface area (Å²) in [5.41, 5.74) is 0.822. The summed E-state index contributed by atoms with van der Waals surface area (Å²) in [6.45, 7) is 0. The minimum Gasteiger partial charge on any atom is -0.478 e. The first-order chi connectivity index (χ1) is 7.77. The fraction of sp³-hybridized carbons (Fsp3) is 0. The van der Waals surface area contributed by atoms with Crippen molar-refractivity contribution in [1.29, 1.82) is 0 Å². The molecule has 3 rings (SSSR count). The number of benzene rings is 2. The lowest BCUT2D eigenvalue weighted by atomic mass is 10.0. The van der Waals surface area contributed by atoms with Gasteiger partial charge in [-0.15, -0.1) is 0 Å². The predicted molar refractivity (Wildman–Crippen MR) is 60.7 cm³/mol. The topological polar surface area (TPSA) is 50.4 Å². The molecule has 1 N–H and O–H groups in total. The van der Waals surface area contributed by atoms with E-state index < -0.39 is 5.97 Å². The predicted octanol–water partition coefficient (Wildman–Crippen LogP) is 3.28. The highest BCUT2D eigenvalue weighted by Gasteiger charge is 2.14. The van der Waals surface area contributed by atoms with Gasteiger partial charge in [-0.1, -0.05) is 30.3 Å². The summed E-state index contributed by atoms with van der Waals surface area (Å²) in [5.74, 6) is -0.963. The van der Waals surface area contributed by atoms with Crippen LogP contribution in [-0.4, -0.2) is 11.1 Å². The van der Waals surface area contributed by atoms with Crippen LogP contribution >= 0.6 is 0 Å². The average molecular weight is 212 g/mol. The van der Waals surface area contributed by atoms with Crippen LogP contribution in [0.1, 0.15) is 10.4 Å². The SMILES string of the molecule is O=C(O)c1coc2ccc3ccccc3c12. The Morgan fingerprint density at radius 2 is 1.94 bits per heavy atom. The molecule has 3 heteroatoms. The van der Waals surface area contributed by atoms with Crippen LogP contribution in [0.25, 0.3) is 21.7 Å². The van der Waals surface area contributed by atoms with Gasteiger partial charge in [0.05, 0.1) is 0 Å². The van der Waals surface area contributed by atoms with Gasteiger partial charge in [0, 0.05) is 5.39 Å². The molecule has 0 saturated heterocycles.